The highest BCUT2D eigenvalue weighted by Gasteiger charge is 2.18. The maximum atomic E-state index is 5.31. The van der Waals surface area contributed by atoms with Gasteiger partial charge >= 0.3 is 0 Å². The van der Waals surface area contributed by atoms with E-state index in [1.54, 1.807) is 0 Å². The summed E-state index contributed by atoms with van der Waals surface area (Å²) in [6.07, 6.45) is 1.87. The van der Waals surface area contributed by atoms with Crippen molar-refractivity contribution in [3.05, 3.63) is 187 Å². The van der Waals surface area contributed by atoms with Gasteiger partial charge in [0.2, 0.25) is 0 Å². The number of hydrogen-bond donors (Lipinski definition) is 0. The van der Waals surface area contributed by atoms with E-state index in [0.29, 0.717) is 5.82 Å². The van der Waals surface area contributed by atoms with Crippen LogP contribution in [0.1, 0.15) is 16.7 Å². The fourth-order valence-corrected chi connectivity index (χ4v) is 7.19. The Bertz CT molecular complexity index is 2730. The topological polar surface area (TPSA) is 35.1 Å². The monoisotopic (exact) mass is 628 g/mol. The van der Waals surface area contributed by atoms with Gasteiger partial charge in [-0.05, 0) is 72.1 Å². The van der Waals surface area contributed by atoms with Gasteiger partial charge in [-0.3, -0.25) is 9.13 Å². The lowest BCUT2D eigenvalue weighted by Gasteiger charge is -2.14. The SMILES string of the molecule is C=C(N=C(c1ccccc1)c1ccccc1C)n1c2ccccc2c2ccc(-c3ccc4c(c3)c3cccnc3n4-c3ccccc3)cc21. The van der Waals surface area contributed by atoms with E-state index in [1.165, 1.54) is 21.7 Å². The molecule has 0 radical (unpaired) electrons. The average molecular weight is 629 g/mol. The standard InChI is InChI=1S/C45H32N4/c1-30-14-9-10-19-36(30)44(32-15-5-3-6-16-32)47-31(2)48-41-22-12-11-20-37(41)38-25-23-34(29-43(38)48)33-24-26-42-40(28-33)39-21-13-27-46-45(39)49(42)35-17-7-4-8-18-35/h3-29H,2H2,1H3. The molecule has 232 valence electrons. The van der Waals surface area contributed by atoms with E-state index in [2.05, 4.69) is 162 Å². The van der Waals surface area contributed by atoms with Crippen molar-refractivity contribution in [2.45, 2.75) is 6.92 Å². The van der Waals surface area contributed by atoms with Gasteiger partial charge in [0.1, 0.15) is 11.5 Å². The summed E-state index contributed by atoms with van der Waals surface area (Å²) in [4.78, 5) is 10.1. The van der Waals surface area contributed by atoms with Crippen LogP contribution in [-0.2, 0) is 0 Å². The van der Waals surface area contributed by atoms with Crippen molar-refractivity contribution in [1.29, 1.82) is 0 Å². The summed E-state index contributed by atoms with van der Waals surface area (Å²) in [5.41, 5.74) is 11.8. The zero-order valence-electron chi connectivity index (χ0n) is 27.1. The predicted octanol–water partition coefficient (Wildman–Crippen LogP) is 11.2. The highest BCUT2D eigenvalue weighted by atomic mass is 15.1. The Hall–Kier alpha value is -6.52. The summed E-state index contributed by atoms with van der Waals surface area (Å²) in [6.45, 7) is 6.73. The first-order valence-corrected chi connectivity index (χ1v) is 16.5. The number of aromatic nitrogens is 3. The zero-order chi connectivity index (χ0) is 32.9. The first-order valence-electron chi connectivity index (χ1n) is 16.5. The Morgan fingerprint density at radius 3 is 2.08 bits per heavy atom. The van der Waals surface area contributed by atoms with Crippen LogP contribution < -0.4 is 0 Å². The Balaban J connectivity index is 1.24. The summed E-state index contributed by atoms with van der Waals surface area (Å²) >= 11 is 0. The van der Waals surface area contributed by atoms with Gasteiger partial charge < -0.3 is 0 Å². The normalized spacial score (nSPS) is 12.0. The lowest BCUT2D eigenvalue weighted by molar-refractivity contribution is 1.14. The molecule has 9 aromatic rings. The molecule has 3 aromatic heterocycles. The van der Waals surface area contributed by atoms with Crippen LogP contribution in [-0.4, -0.2) is 19.8 Å². The molecule has 0 aliphatic heterocycles. The predicted molar refractivity (Wildman–Crippen MR) is 206 cm³/mol. The summed E-state index contributed by atoms with van der Waals surface area (Å²) in [6, 6.07) is 55.4. The van der Waals surface area contributed by atoms with E-state index in [0.717, 1.165) is 61.2 Å². The Morgan fingerprint density at radius 1 is 0.571 bits per heavy atom. The van der Waals surface area contributed by atoms with E-state index in [1.807, 2.05) is 24.4 Å². The number of nitrogens with zero attached hydrogens (tertiary/aromatic N) is 4. The largest absolute Gasteiger partial charge is 0.294 e. The molecule has 9 rings (SSSR count). The van der Waals surface area contributed by atoms with Crippen LogP contribution in [0.2, 0.25) is 0 Å². The van der Waals surface area contributed by atoms with Crippen molar-refractivity contribution in [2.24, 2.45) is 4.99 Å². The highest BCUT2D eigenvalue weighted by Crippen LogP contribution is 2.37. The van der Waals surface area contributed by atoms with E-state index < -0.39 is 0 Å². The lowest BCUT2D eigenvalue weighted by Crippen LogP contribution is -2.07. The lowest BCUT2D eigenvalue weighted by atomic mass is 9.98. The molecule has 0 atom stereocenters. The van der Waals surface area contributed by atoms with Crippen molar-refractivity contribution < 1.29 is 0 Å². The molecule has 0 saturated carbocycles. The maximum Gasteiger partial charge on any atom is 0.145 e. The quantitative estimate of drug-likeness (QED) is 0.169. The third-order valence-electron chi connectivity index (χ3n) is 9.49. The molecule has 4 nitrogen and oxygen atoms in total. The molecular weight excluding hydrogens is 597 g/mol. The van der Waals surface area contributed by atoms with Crippen molar-refractivity contribution in [3.8, 4) is 16.8 Å². The summed E-state index contributed by atoms with van der Waals surface area (Å²) in [7, 11) is 0. The number of aryl methyl sites for hydroxylation is 1. The molecule has 0 spiro atoms. The highest BCUT2D eigenvalue weighted by molar-refractivity contribution is 6.16. The van der Waals surface area contributed by atoms with Gasteiger partial charge in [-0.15, -0.1) is 0 Å². The van der Waals surface area contributed by atoms with Crippen molar-refractivity contribution >= 4 is 55.3 Å². The third-order valence-corrected chi connectivity index (χ3v) is 9.49. The Kier molecular flexibility index (Phi) is 6.80. The molecule has 6 aromatic carbocycles. The van der Waals surface area contributed by atoms with E-state index >= 15 is 0 Å². The molecule has 0 aliphatic rings. The van der Waals surface area contributed by atoms with Gasteiger partial charge in [0.05, 0.1) is 22.3 Å². The molecule has 0 unspecified atom stereocenters. The fourth-order valence-electron chi connectivity index (χ4n) is 7.19. The van der Waals surface area contributed by atoms with Gasteiger partial charge in [0.15, 0.2) is 0 Å². The second kappa shape index (κ2) is 11.6. The van der Waals surface area contributed by atoms with E-state index in [9.17, 15) is 0 Å². The van der Waals surface area contributed by atoms with Gasteiger partial charge in [-0.1, -0.05) is 116 Å². The maximum absolute atomic E-state index is 5.31. The van der Waals surface area contributed by atoms with Gasteiger partial charge in [-0.2, -0.15) is 0 Å². The molecule has 0 amide bonds. The molecule has 0 N–H and O–H groups in total. The molecular formula is C45H32N4. The summed E-state index contributed by atoms with van der Waals surface area (Å²) in [5.74, 6) is 0.665. The van der Waals surface area contributed by atoms with Crippen LogP contribution in [0.25, 0.3) is 66.4 Å². The minimum atomic E-state index is 0.665. The van der Waals surface area contributed by atoms with Crippen LogP contribution in [0.15, 0.2) is 175 Å². The van der Waals surface area contributed by atoms with Crippen LogP contribution in [0.4, 0.5) is 0 Å². The minimum absolute atomic E-state index is 0.665. The van der Waals surface area contributed by atoms with Crippen LogP contribution in [0, 0.1) is 6.92 Å². The second-order valence-corrected chi connectivity index (χ2v) is 12.4. The number of aliphatic imine (C=N–C) groups is 1. The van der Waals surface area contributed by atoms with Crippen molar-refractivity contribution in [1.82, 2.24) is 14.1 Å². The van der Waals surface area contributed by atoms with Crippen molar-refractivity contribution in [3.63, 3.8) is 0 Å². The molecule has 0 aliphatic carbocycles. The number of fused-ring (bicyclic) bond motifs is 6. The van der Waals surface area contributed by atoms with E-state index in [4.69, 9.17) is 9.98 Å². The smallest absolute Gasteiger partial charge is 0.145 e. The molecule has 0 bridgehead atoms. The summed E-state index contributed by atoms with van der Waals surface area (Å²) in [5, 5.41) is 4.64. The molecule has 3 heterocycles. The molecule has 0 saturated heterocycles. The van der Waals surface area contributed by atoms with Gasteiger partial charge in [0, 0.05) is 44.6 Å². The Labute approximate surface area is 284 Å². The van der Waals surface area contributed by atoms with Gasteiger partial charge in [-0.25, -0.2) is 9.98 Å². The summed E-state index contributed by atoms with van der Waals surface area (Å²) < 4.78 is 4.45. The number of para-hydroxylation sites is 2. The zero-order valence-corrected chi connectivity index (χ0v) is 27.1. The van der Waals surface area contributed by atoms with Crippen LogP contribution in [0.3, 0.4) is 0 Å². The van der Waals surface area contributed by atoms with Crippen LogP contribution >= 0.6 is 0 Å². The molecule has 49 heavy (non-hydrogen) atoms. The minimum Gasteiger partial charge on any atom is -0.294 e. The first kappa shape index (κ1) is 28.7. The average Bonchev–Trinajstić information content (AvgIpc) is 3.67. The van der Waals surface area contributed by atoms with Gasteiger partial charge in [0.25, 0.3) is 0 Å². The molecule has 0 fully saturated rings. The number of benzene rings is 6. The first-order chi connectivity index (χ1) is 24.2. The third kappa shape index (κ3) is 4.77. The second-order valence-electron chi connectivity index (χ2n) is 12.4. The Morgan fingerprint density at radius 2 is 1.24 bits per heavy atom. The fraction of sp³-hybridized carbons (Fsp3) is 0.0222. The van der Waals surface area contributed by atoms with E-state index in [-0.39, 0.29) is 0 Å². The number of rotatable bonds is 6. The van der Waals surface area contributed by atoms with Crippen molar-refractivity contribution in [2.75, 3.05) is 0 Å². The number of pyridine rings is 1. The number of hydrogen-bond acceptors (Lipinski definition) is 2. The molecule has 4 heteroatoms. The van der Waals surface area contributed by atoms with Crippen LogP contribution in [0.5, 0.6) is 0 Å².